The number of nitrogens with one attached hydrogen (secondary N) is 1. The number of carbonyl (C=O) groups is 1. The first-order valence-corrected chi connectivity index (χ1v) is 6.52. The van der Waals surface area contributed by atoms with Crippen LogP contribution in [0.1, 0.15) is 30.0 Å². The molecule has 1 atom stereocenters. The molecular weight excluding hydrogens is 289 g/mol. The van der Waals surface area contributed by atoms with Gasteiger partial charge in [0.1, 0.15) is 6.29 Å². The van der Waals surface area contributed by atoms with E-state index in [4.69, 9.17) is 11.6 Å². The molecule has 1 aromatic carbocycles. The highest BCUT2D eigenvalue weighted by Crippen LogP contribution is 2.55. The number of rotatable bonds is 1. The molecule has 2 aliphatic rings. The van der Waals surface area contributed by atoms with E-state index >= 15 is 0 Å². The fraction of sp³-hybridized carbons (Fsp3) is 0.417. The van der Waals surface area contributed by atoms with Crippen LogP contribution in [-0.2, 0) is 10.2 Å². The van der Waals surface area contributed by atoms with Crippen LogP contribution in [0.25, 0.3) is 0 Å². The van der Waals surface area contributed by atoms with Crippen molar-refractivity contribution in [2.45, 2.75) is 24.3 Å². The molecule has 0 amide bonds. The Morgan fingerprint density at radius 2 is 2.25 bits per heavy atom. The zero-order valence-electron chi connectivity index (χ0n) is 8.59. The molecule has 1 saturated carbocycles. The van der Waals surface area contributed by atoms with E-state index in [1.807, 2.05) is 12.1 Å². The fourth-order valence-electron chi connectivity index (χ4n) is 2.57. The highest BCUT2D eigenvalue weighted by molar-refractivity contribution is 9.10. The lowest BCUT2D eigenvalue weighted by Crippen LogP contribution is -2.38. The molecule has 4 heteroatoms. The van der Waals surface area contributed by atoms with E-state index in [2.05, 4.69) is 21.2 Å². The van der Waals surface area contributed by atoms with Crippen molar-refractivity contribution in [1.29, 1.82) is 0 Å². The minimum atomic E-state index is -0.202. The number of hydrogen-bond acceptors (Lipinski definition) is 2. The van der Waals surface area contributed by atoms with Crippen molar-refractivity contribution in [3.63, 3.8) is 0 Å². The molecule has 1 aromatic rings. The van der Waals surface area contributed by atoms with Crippen molar-refractivity contribution in [3.8, 4) is 0 Å². The highest BCUT2D eigenvalue weighted by Gasteiger charge is 2.50. The highest BCUT2D eigenvalue weighted by atomic mass is 79.9. The van der Waals surface area contributed by atoms with Crippen LogP contribution in [-0.4, -0.2) is 12.8 Å². The molecule has 84 valence electrons. The molecule has 1 unspecified atom stereocenters. The molecule has 1 heterocycles. The Bertz CT molecular complexity index is 470. The molecular formula is C12H11BrClNO. The Balaban J connectivity index is 2.23. The maximum absolute atomic E-state index is 11.0. The Morgan fingerprint density at radius 3 is 2.88 bits per heavy atom. The number of carbonyl (C=O) groups excluding carboxylic acids is 1. The van der Waals surface area contributed by atoms with E-state index in [0.29, 0.717) is 0 Å². The van der Waals surface area contributed by atoms with Crippen LogP contribution in [0.5, 0.6) is 0 Å². The summed E-state index contributed by atoms with van der Waals surface area (Å²) in [6, 6.07) is 3.71. The van der Waals surface area contributed by atoms with Crippen LogP contribution in [0, 0.1) is 0 Å². The van der Waals surface area contributed by atoms with Gasteiger partial charge in [-0.05, 0) is 46.0 Å². The molecule has 2 nitrogen and oxygen atoms in total. The van der Waals surface area contributed by atoms with Crippen molar-refractivity contribution < 1.29 is 4.79 Å². The summed E-state index contributed by atoms with van der Waals surface area (Å²) in [5.41, 5.74) is 2.42. The summed E-state index contributed by atoms with van der Waals surface area (Å²) in [7, 11) is 0. The fourth-order valence-corrected chi connectivity index (χ4v) is 3.27. The van der Waals surface area contributed by atoms with E-state index in [1.165, 1.54) is 5.56 Å². The first kappa shape index (κ1) is 10.8. The Hall–Kier alpha value is -0.380. The molecule has 0 aromatic heterocycles. The largest absolute Gasteiger partial charge is 0.303 e. The normalized spacial score (nSPS) is 25.2. The molecule has 1 fully saturated rings. The van der Waals surface area contributed by atoms with E-state index in [1.54, 1.807) is 0 Å². The quantitative estimate of drug-likeness (QED) is 0.808. The first-order valence-electron chi connectivity index (χ1n) is 5.35. The molecule has 0 bridgehead atoms. The van der Waals surface area contributed by atoms with Gasteiger partial charge in [-0.25, -0.2) is 0 Å². The van der Waals surface area contributed by atoms with Crippen molar-refractivity contribution in [1.82, 2.24) is 5.32 Å². The third kappa shape index (κ3) is 1.38. The lowest BCUT2D eigenvalue weighted by atomic mass is 9.84. The summed E-state index contributed by atoms with van der Waals surface area (Å²) < 4.78 is 0.922. The van der Waals surface area contributed by atoms with E-state index < -0.39 is 0 Å². The minimum Gasteiger partial charge on any atom is -0.303 e. The summed E-state index contributed by atoms with van der Waals surface area (Å²) >= 11 is 9.82. The summed E-state index contributed by atoms with van der Waals surface area (Å²) in [5, 5.41) is 4.06. The van der Waals surface area contributed by atoms with E-state index in [9.17, 15) is 4.79 Å². The molecule has 1 aliphatic carbocycles. The predicted octanol–water partition coefficient (Wildman–Crippen LogP) is 2.98. The van der Waals surface area contributed by atoms with Gasteiger partial charge in [-0.2, -0.15) is 0 Å². The van der Waals surface area contributed by atoms with Crippen LogP contribution < -0.4 is 5.32 Å². The number of hydrogen-bond donors (Lipinski definition) is 1. The maximum Gasteiger partial charge on any atom is 0.141 e. The number of aldehydes is 1. The van der Waals surface area contributed by atoms with Crippen LogP contribution in [0.4, 0.5) is 0 Å². The van der Waals surface area contributed by atoms with Crippen molar-refractivity contribution >= 4 is 33.8 Å². The van der Waals surface area contributed by atoms with E-state index in [-0.39, 0.29) is 11.5 Å². The minimum absolute atomic E-state index is 0.190. The van der Waals surface area contributed by atoms with Gasteiger partial charge in [0, 0.05) is 16.4 Å². The van der Waals surface area contributed by atoms with Gasteiger partial charge in [-0.15, -0.1) is 0 Å². The van der Waals surface area contributed by atoms with Gasteiger partial charge in [0.2, 0.25) is 0 Å². The van der Waals surface area contributed by atoms with Gasteiger partial charge in [0.25, 0.3) is 0 Å². The topological polar surface area (TPSA) is 29.1 Å². The zero-order valence-corrected chi connectivity index (χ0v) is 10.9. The Labute approximate surface area is 107 Å². The van der Waals surface area contributed by atoms with Gasteiger partial charge in [-0.1, -0.05) is 17.7 Å². The third-order valence-electron chi connectivity index (χ3n) is 3.64. The average molecular weight is 301 g/mol. The Morgan fingerprint density at radius 1 is 1.50 bits per heavy atom. The smallest absolute Gasteiger partial charge is 0.141 e. The summed E-state index contributed by atoms with van der Waals surface area (Å²) in [6.07, 6.45) is 3.28. The lowest BCUT2D eigenvalue weighted by Gasteiger charge is -2.31. The van der Waals surface area contributed by atoms with Gasteiger partial charge in [-0.3, -0.25) is 0 Å². The van der Waals surface area contributed by atoms with Crippen molar-refractivity contribution in [3.05, 3.63) is 32.8 Å². The molecule has 0 saturated heterocycles. The molecule has 1 aliphatic heterocycles. The van der Waals surface area contributed by atoms with Crippen LogP contribution >= 0.6 is 27.5 Å². The standard InChI is InChI=1S/C12H11BrClNO/c13-8-2-1-7-9(5-16)15-6-12(3-4-12)10(7)11(8)14/h1-2,5,9,15H,3-4,6H2. The van der Waals surface area contributed by atoms with Crippen molar-refractivity contribution in [2.75, 3.05) is 6.54 Å². The predicted molar refractivity (Wildman–Crippen MR) is 66.9 cm³/mol. The number of halogens is 2. The average Bonchev–Trinajstić information content (AvgIpc) is 3.04. The SMILES string of the molecule is O=CC1NCC2(CC2)c2c1ccc(Br)c2Cl. The molecule has 3 rings (SSSR count). The van der Waals surface area contributed by atoms with Gasteiger partial charge >= 0.3 is 0 Å². The van der Waals surface area contributed by atoms with Crippen molar-refractivity contribution in [2.24, 2.45) is 0 Å². The molecule has 16 heavy (non-hydrogen) atoms. The number of fused-ring (bicyclic) bond motifs is 2. The molecule has 1 N–H and O–H groups in total. The summed E-state index contributed by atoms with van der Waals surface area (Å²) in [4.78, 5) is 11.0. The summed E-state index contributed by atoms with van der Waals surface area (Å²) in [5.74, 6) is 0. The Kier molecular flexibility index (Phi) is 2.39. The lowest BCUT2D eigenvalue weighted by molar-refractivity contribution is -0.109. The van der Waals surface area contributed by atoms with Crippen LogP contribution in [0.2, 0.25) is 5.02 Å². The summed E-state index contributed by atoms with van der Waals surface area (Å²) in [6.45, 7) is 0.861. The second-order valence-corrected chi connectivity index (χ2v) is 5.83. The maximum atomic E-state index is 11.0. The van der Waals surface area contributed by atoms with Gasteiger partial charge < -0.3 is 10.1 Å². The second-order valence-electron chi connectivity index (χ2n) is 4.60. The second kappa shape index (κ2) is 3.56. The monoisotopic (exact) mass is 299 g/mol. The van der Waals surface area contributed by atoms with E-state index in [0.717, 1.165) is 40.7 Å². The zero-order chi connectivity index (χ0) is 11.3. The van der Waals surface area contributed by atoms with Crippen LogP contribution in [0.3, 0.4) is 0 Å². The van der Waals surface area contributed by atoms with Gasteiger partial charge in [0.05, 0.1) is 11.1 Å². The van der Waals surface area contributed by atoms with Gasteiger partial charge in [0.15, 0.2) is 0 Å². The van der Waals surface area contributed by atoms with Crippen LogP contribution in [0.15, 0.2) is 16.6 Å². The number of benzene rings is 1. The third-order valence-corrected chi connectivity index (χ3v) is 4.92. The first-order chi connectivity index (χ1) is 7.68. The molecule has 1 spiro atoms. The molecule has 0 radical (unpaired) electrons.